The van der Waals surface area contributed by atoms with E-state index < -0.39 is 0 Å². The number of benzene rings is 1. The van der Waals surface area contributed by atoms with Crippen LogP contribution in [0.3, 0.4) is 0 Å². The summed E-state index contributed by atoms with van der Waals surface area (Å²) in [5.74, 6) is 1.26. The molecule has 0 amide bonds. The van der Waals surface area contributed by atoms with Gasteiger partial charge >= 0.3 is 0 Å². The highest BCUT2D eigenvalue weighted by molar-refractivity contribution is 6.33. The van der Waals surface area contributed by atoms with Crippen LogP contribution in [0.2, 0.25) is 5.02 Å². The third kappa shape index (κ3) is 3.32. The molecule has 1 aliphatic heterocycles. The molecule has 1 aliphatic rings. The van der Waals surface area contributed by atoms with Crippen molar-refractivity contribution in [1.82, 2.24) is 4.90 Å². The Balaban J connectivity index is 2.16. The number of hydrogen-bond acceptors (Lipinski definition) is 4. The van der Waals surface area contributed by atoms with E-state index in [4.69, 9.17) is 26.8 Å². The molecule has 2 N–H and O–H groups in total. The van der Waals surface area contributed by atoms with Gasteiger partial charge in [0.05, 0.1) is 19.2 Å². The summed E-state index contributed by atoms with van der Waals surface area (Å²) in [4.78, 5) is 2.33. The monoisotopic (exact) mass is 284 g/mol. The van der Waals surface area contributed by atoms with Crippen LogP contribution in [0.15, 0.2) is 12.1 Å². The topological polar surface area (TPSA) is 47.7 Å². The van der Waals surface area contributed by atoms with Crippen LogP contribution in [0, 0.1) is 0 Å². The first-order valence-electron chi connectivity index (χ1n) is 6.53. The maximum atomic E-state index is 6.39. The summed E-state index contributed by atoms with van der Waals surface area (Å²) in [7, 11) is 3.21. The summed E-state index contributed by atoms with van der Waals surface area (Å²) in [5, 5.41) is 0.626. The van der Waals surface area contributed by atoms with Crippen molar-refractivity contribution >= 4 is 11.6 Å². The van der Waals surface area contributed by atoms with Gasteiger partial charge in [0.15, 0.2) is 11.5 Å². The molecular weight excluding hydrogens is 264 g/mol. The molecule has 0 radical (unpaired) electrons. The molecule has 1 saturated heterocycles. The zero-order chi connectivity index (χ0) is 13.8. The van der Waals surface area contributed by atoms with Crippen molar-refractivity contribution in [2.75, 3.05) is 27.3 Å². The molecule has 1 heterocycles. The molecule has 5 heteroatoms. The first kappa shape index (κ1) is 14.4. The largest absolute Gasteiger partial charge is 0.493 e. The molecule has 1 atom stereocenters. The average molecular weight is 285 g/mol. The Bertz CT molecular complexity index is 440. The number of nitrogens with two attached hydrogens (primary N) is 1. The van der Waals surface area contributed by atoms with E-state index >= 15 is 0 Å². The number of likely N-dealkylation sites (tertiary alicyclic amines) is 1. The second kappa shape index (κ2) is 6.46. The Hall–Kier alpha value is -0.970. The summed E-state index contributed by atoms with van der Waals surface area (Å²) in [6, 6.07) is 4.15. The maximum absolute atomic E-state index is 6.39. The van der Waals surface area contributed by atoms with E-state index in [1.54, 1.807) is 14.2 Å². The Kier molecular flexibility index (Phi) is 4.91. The van der Waals surface area contributed by atoms with E-state index in [1.165, 1.54) is 0 Å². The van der Waals surface area contributed by atoms with E-state index in [2.05, 4.69) is 4.90 Å². The lowest BCUT2D eigenvalue weighted by molar-refractivity contribution is 0.201. The van der Waals surface area contributed by atoms with Crippen LogP contribution in [0.25, 0.3) is 0 Å². The van der Waals surface area contributed by atoms with Gasteiger partial charge in [-0.2, -0.15) is 0 Å². The fourth-order valence-corrected chi connectivity index (χ4v) is 2.82. The molecule has 0 aromatic heterocycles. The number of methoxy groups -OCH3 is 2. The summed E-state index contributed by atoms with van der Waals surface area (Å²) >= 11 is 6.39. The van der Waals surface area contributed by atoms with Crippen molar-refractivity contribution in [3.05, 3.63) is 22.7 Å². The molecule has 19 heavy (non-hydrogen) atoms. The molecule has 2 rings (SSSR count). The standard InChI is InChI=1S/C14H21ClN2O2/c1-18-12-6-5-10(13(15)14(12)19-2)8-17-7-3-4-11(16)9-17/h5-6,11H,3-4,7-9,16H2,1-2H3/t11-/m0/s1. The van der Waals surface area contributed by atoms with Gasteiger partial charge in [-0.1, -0.05) is 17.7 Å². The highest BCUT2D eigenvalue weighted by Gasteiger charge is 2.19. The van der Waals surface area contributed by atoms with Gasteiger partial charge in [-0.15, -0.1) is 0 Å². The van der Waals surface area contributed by atoms with Crippen molar-refractivity contribution < 1.29 is 9.47 Å². The molecule has 0 bridgehead atoms. The predicted octanol–water partition coefficient (Wildman–Crippen LogP) is 2.28. The van der Waals surface area contributed by atoms with Gasteiger partial charge in [-0.25, -0.2) is 0 Å². The summed E-state index contributed by atoms with van der Waals surface area (Å²) in [5.41, 5.74) is 7.05. The highest BCUT2D eigenvalue weighted by atomic mass is 35.5. The lowest BCUT2D eigenvalue weighted by Gasteiger charge is -2.31. The Morgan fingerprint density at radius 3 is 2.79 bits per heavy atom. The van der Waals surface area contributed by atoms with E-state index in [9.17, 15) is 0 Å². The zero-order valence-electron chi connectivity index (χ0n) is 11.5. The molecule has 1 aromatic rings. The molecule has 0 spiro atoms. The minimum atomic E-state index is 0.271. The van der Waals surface area contributed by atoms with Gasteiger partial charge in [-0.3, -0.25) is 4.90 Å². The second-order valence-electron chi connectivity index (χ2n) is 4.91. The molecule has 1 aromatic carbocycles. The van der Waals surface area contributed by atoms with Gasteiger partial charge in [0.2, 0.25) is 0 Å². The van der Waals surface area contributed by atoms with Crippen molar-refractivity contribution in [2.45, 2.75) is 25.4 Å². The SMILES string of the molecule is COc1ccc(CN2CCC[C@H](N)C2)c(Cl)c1OC. The third-order valence-corrected chi connectivity index (χ3v) is 3.92. The van der Waals surface area contributed by atoms with Gasteiger partial charge in [0.25, 0.3) is 0 Å². The van der Waals surface area contributed by atoms with Crippen LogP contribution >= 0.6 is 11.6 Å². The molecule has 4 nitrogen and oxygen atoms in total. The molecule has 0 saturated carbocycles. The van der Waals surface area contributed by atoms with Gasteiger partial charge in [0, 0.05) is 19.1 Å². The van der Waals surface area contributed by atoms with Crippen LogP contribution in [0.5, 0.6) is 11.5 Å². The van der Waals surface area contributed by atoms with E-state index in [0.29, 0.717) is 16.5 Å². The normalized spacial score (nSPS) is 20.3. The zero-order valence-corrected chi connectivity index (χ0v) is 12.2. The Labute approximate surface area is 119 Å². The quantitative estimate of drug-likeness (QED) is 0.921. The third-order valence-electron chi connectivity index (χ3n) is 3.50. The number of halogens is 1. The molecule has 106 valence electrons. The number of piperidine rings is 1. The van der Waals surface area contributed by atoms with Crippen molar-refractivity contribution in [2.24, 2.45) is 5.73 Å². The van der Waals surface area contributed by atoms with Crippen LogP contribution in [-0.4, -0.2) is 38.3 Å². The number of ether oxygens (including phenoxy) is 2. The predicted molar refractivity (Wildman–Crippen MR) is 77.0 cm³/mol. The molecule has 0 aliphatic carbocycles. The van der Waals surface area contributed by atoms with Gasteiger partial charge < -0.3 is 15.2 Å². The van der Waals surface area contributed by atoms with Gasteiger partial charge in [-0.05, 0) is 31.0 Å². The van der Waals surface area contributed by atoms with E-state index in [-0.39, 0.29) is 6.04 Å². The summed E-state index contributed by atoms with van der Waals surface area (Å²) < 4.78 is 10.6. The highest BCUT2D eigenvalue weighted by Crippen LogP contribution is 2.37. The lowest BCUT2D eigenvalue weighted by atomic mass is 10.1. The first-order valence-corrected chi connectivity index (χ1v) is 6.90. The minimum absolute atomic E-state index is 0.271. The minimum Gasteiger partial charge on any atom is -0.493 e. The Morgan fingerprint density at radius 2 is 2.16 bits per heavy atom. The Morgan fingerprint density at radius 1 is 1.37 bits per heavy atom. The summed E-state index contributed by atoms with van der Waals surface area (Å²) in [6.07, 6.45) is 2.25. The molecule has 1 fully saturated rings. The van der Waals surface area contributed by atoms with Crippen molar-refractivity contribution in [3.8, 4) is 11.5 Å². The lowest BCUT2D eigenvalue weighted by Crippen LogP contribution is -2.42. The summed E-state index contributed by atoms with van der Waals surface area (Å²) in [6.45, 7) is 2.79. The molecular formula is C14H21ClN2O2. The first-order chi connectivity index (χ1) is 9.15. The maximum Gasteiger partial charge on any atom is 0.179 e. The fourth-order valence-electron chi connectivity index (χ4n) is 2.53. The van der Waals surface area contributed by atoms with E-state index in [0.717, 1.165) is 38.0 Å². The molecule has 0 unspecified atom stereocenters. The average Bonchev–Trinajstić information content (AvgIpc) is 2.41. The van der Waals surface area contributed by atoms with Crippen LogP contribution in [-0.2, 0) is 6.54 Å². The van der Waals surface area contributed by atoms with Crippen LogP contribution < -0.4 is 15.2 Å². The number of nitrogens with zero attached hydrogens (tertiary/aromatic N) is 1. The number of hydrogen-bond donors (Lipinski definition) is 1. The number of rotatable bonds is 4. The van der Waals surface area contributed by atoms with Crippen molar-refractivity contribution in [1.29, 1.82) is 0 Å². The van der Waals surface area contributed by atoms with E-state index in [1.807, 2.05) is 12.1 Å². The smallest absolute Gasteiger partial charge is 0.179 e. The second-order valence-corrected chi connectivity index (χ2v) is 5.29. The van der Waals surface area contributed by atoms with Crippen LogP contribution in [0.1, 0.15) is 18.4 Å². The van der Waals surface area contributed by atoms with Gasteiger partial charge in [0.1, 0.15) is 0 Å². The van der Waals surface area contributed by atoms with Crippen LogP contribution in [0.4, 0.5) is 0 Å². The fraction of sp³-hybridized carbons (Fsp3) is 0.571. The van der Waals surface area contributed by atoms with Crippen molar-refractivity contribution in [3.63, 3.8) is 0 Å².